The number of anilines is 1. The van der Waals surface area contributed by atoms with Gasteiger partial charge in [0.25, 0.3) is 0 Å². The average molecular weight is 265 g/mol. The highest BCUT2D eigenvalue weighted by Crippen LogP contribution is 2.26. The maximum absolute atomic E-state index is 14.0. The number of halogens is 1. The standard InChI is InChI=1S/C13H16FN3S/c1-4-10-12(14)13(16-7-15-10)17-9(3)11-6-5-8(2)18-11/h5-7,9H,4H2,1-3H3,(H,15,16,17). The highest BCUT2D eigenvalue weighted by molar-refractivity contribution is 7.12. The molecule has 1 unspecified atom stereocenters. The van der Waals surface area contributed by atoms with Crippen LogP contribution < -0.4 is 5.32 Å². The fourth-order valence-electron chi connectivity index (χ4n) is 1.72. The molecule has 0 fully saturated rings. The Labute approximate surface area is 110 Å². The predicted octanol–water partition coefficient (Wildman–Crippen LogP) is 3.72. The summed E-state index contributed by atoms with van der Waals surface area (Å²) in [4.78, 5) is 10.3. The van der Waals surface area contributed by atoms with Gasteiger partial charge in [0.15, 0.2) is 11.6 Å². The highest BCUT2D eigenvalue weighted by Gasteiger charge is 2.13. The van der Waals surface area contributed by atoms with Gasteiger partial charge in [-0.25, -0.2) is 14.4 Å². The van der Waals surface area contributed by atoms with Crippen LogP contribution in [0.1, 0.15) is 35.3 Å². The van der Waals surface area contributed by atoms with Crippen molar-refractivity contribution in [2.24, 2.45) is 0 Å². The molecule has 2 aromatic rings. The Morgan fingerprint density at radius 3 is 2.78 bits per heavy atom. The lowest BCUT2D eigenvalue weighted by molar-refractivity contribution is 0.594. The lowest BCUT2D eigenvalue weighted by atomic mass is 10.2. The first kappa shape index (κ1) is 13.0. The Kier molecular flexibility index (Phi) is 3.91. The molecular weight excluding hydrogens is 249 g/mol. The summed E-state index contributed by atoms with van der Waals surface area (Å²) >= 11 is 1.70. The smallest absolute Gasteiger partial charge is 0.186 e. The van der Waals surface area contributed by atoms with Crippen molar-refractivity contribution in [2.75, 3.05) is 5.32 Å². The van der Waals surface area contributed by atoms with Gasteiger partial charge >= 0.3 is 0 Å². The van der Waals surface area contributed by atoms with E-state index in [2.05, 4.69) is 34.3 Å². The van der Waals surface area contributed by atoms with E-state index < -0.39 is 0 Å². The monoisotopic (exact) mass is 265 g/mol. The summed E-state index contributed by atoms with van der Waals surface area (Å²) < 4.78 is 14.0. The molecule has 0 spiro atoms. The van der Waals surface area contributed by atoms with Crippen LogP contribution in [-0.4, -0.2) is 9.97 Å². The summed E-state index contributed by atoms with van der Waals surface area (Å²) in [5.41, 5.74) is 0.446. The van der Waals surface area contributed by atoms with E-state index >= 15 is 0 Å². The molecule has 96 valence electrons. The van der Waals surface area contributed by atoms with Crippen LogP contribution in [0, 0.1) is 12.7 Å². The molecule has 5 heteroatoms. The van der Waals surface area contributed by atoms with Crippen LogP contribution in [0.3, 0.4) is 0 Å². The molecule has 0 radical (unpaired) electrons. The van der Waals surface area contributed by atoms with Crippen LogP contribution in [0.25, 0.3) is 0 Å². The molecule has 0 aromatic carbocycles. The quantitative estimate of drug-likeness (QED) is 0.915. The maximum Gasteiger partial charge on any atom is 0.186 e. The third kappa shape index (κ3) is 2.67. The normalized spacial score (nSPS) is 12.4. The molecule has 2 aromatic heterocycles. The molecule has 2 heterocycles. The Hall–Kier alpha value is -1.49. The minimum absolute atomic E-state index is 0.0396. The summed E-state index contributed by atoms with van der Waals surface area (Å²) in [7, 11) is 0. The van der Waals surface area contributed by atoms with Gasteiger partial charge in [0, 0.05) is 9.75 Å². The van der Waals surface area contributed by atoms with Gasteiger partial charge in [0.05, 0.1) is 11.7 Å². The van der Waals surface area contributed by atoms with Gasteiger partial charge in [0.1, 0.15) is 6.33 Å². The van der Waals surface area contributed by atoms with E-state index in [4.69, 9.17) is 0 Å². The van der Waals surface area contributed by atoms with Crippen molar-refractivity contribution in [3.63, 3.8) is 0 Å². The van der Waals surface area contributed by atoms with Crippen molar-refractivity contribution in [2.45, 2.75) is 33.2 Å². The number of nitrogens with zero attached hydrogens (tertiary/aromatic N) is 2. The van der Waals surface area contributed by atoms with Crippen molar-refractivity contribution < 1.29 is 4.39 Å². The van der Waals surface area contributed by atoms with Crippen molar-refractivity contribution >= 4 is 17.2 Å². The fraction of sp³-hybridized carbons (Fsp3) is 0.385. The number of nitrogens with one attached hydrogen (secondary N) is 1. The molecular formula is C13H16FN3S. The van der Waals surface area contributed by atoms with Crippen molar-refractivity contribution in [1.82, 2.24) is 9.97 Å². The van der Waals surface area contributed by atoms with Crippen LogP contribution >= 0.6 is 11.3 Å². The molecule has 0 aliphatic heterocycles. The number of aromatic nitrogens is 2. The largest absolute Gasteiger partial charge is 0.360 e. The summed E-state index contributed by atoms with van der Waals surface area (Å²) in [6.45, 7) is 5.93. The first-order valence-corrected chi connectivity index (χ1v) is 6.75. The van der Waals surface area contributed by atoms with Crippen LogP contribution in [0.15, 0.2) is 18.5 Å². The topological polar surface area (TPSA) is 37.8 Å². The zero-order chi connectivity index (χ0) is 13.1. The Balaban J connectivity index is 2.19. The molecule has 1 N–H and O–H groups in total. The Bertz CT molecular complexity index is 539. The second kappa shape index (κ2) is 5.44. The summed E-state index contributed by atoms with van der Waals surface area (Å²) in [5, 5.41) is 3.10. The summed E-state index contributed by atoms with van der Waals surface area (Å²) in [6, 6.07) is 4.15. The molecule has 0 saturated heterocycles. The minimum Gasteiger partial charge on any atom is -0.360 e. The maximum atomic E-state index is 14.0. The van der Waals surface area contributed by atoms with Gasteiger partial charge in [-0.2, -0.15) is 0 Å². The molecule has 0 amide bonds. The fourth-order valence-corrected chi connectivity index (χ4v) is 2.60. The van der Waals surface area contributed by atoms with Crippen molar-refractivity contribution in [3.05, 3.63) is 39.7 Å². The van der Waals surface area contributed by atoms with Gasteiger partial charge in [-0.05, 0) is 32.4 Å². The van der Waals surface area contributed by atoms with Crippen molar-refractivity contribution in [1.29, 1.82) is 0 Å². The summed E-state index contributed by atoms with van der Waals surface area (Å²) in [5.74, 6) is -0.0690. The molecule has 2 rings (SSSR count). The van der Waals surface area contributed by atoms with Crippen LogP contribution in [-0.2, 0) is 6.42 Å². The van der Waals surface area contributed by atoms with Crippen LogP contribution in [0.2, 0.25) is 0 Å². The second-order valence-corrected chi connectivity index (χ2v) is 5.47. The molecule has 18 heavy (non-hydrogen) atoms. The van der Waals surface area contributed by atoms with E-state index in [1.54, 1.807) is 11.3 Å². The predicted molar refractivity (Wildman–Crippen MR) is 72.5 cm³/mol. The number of thiophene rings is 1. The zero-order valence-corrected chi connectivity index (χ0v) is 11.5. The van der Waals surface area contributed by atoms with E-state index in [1.807, 2.05) is 13.8 Å². The third-order valence-electron chi connectivity index (χ3n) is 2.74. The van der Waals surface area contributed by atoms with Gasteiger partial charge in [0.2, 0.25) is 0 Å². The molecule has 1 atom stereocenters. The number of aryl methyl sites for hydroxylation is 2. The second-order valence-electron chi connectivity index (χ2n) is 4.15. The Morgan fingerprint density at radius 1 is 1.39 bits per heavy atom. The number of hydrogen-bond acceptors (Lipinski definition) is 4. The van der Waals surface area contributed by atoms with Crippen LogP contribution in [0.4, 0.5) is 10.2 Å². The highest BCUT2D eigenvalue weighted by atomic mass is 32.1. The van der Waals surface area contributed by atoms with Gasteiger partial charge in [-0.15, -0.1) is 11.3 Å². The van der Waals surface area contributed by atoms with Crippen molar-refractivity contribution in [3.8, 4) is 0 Å². The van der Waals surface area contributed by atoms with E-state index in [0.717, 1.165) is 0 Å². The third-order valence-corrected chi connectivity index (χ3v) is 3.92. The number of rotatable bonds is 4. The van der Waals surface area contributed by atoms with Gasteiger partial charge in [-0.3, -0.25) is 0 Å². The van der Waals surface area contributed by atoms with E-state index in [0.29, 0.717) is 12.1 Å². The SMILES string of the molecule is CCc1ncnc(NC(C)c2ccc(C)s2)c1F. The van der Waals surface area contributed by atoms with E-state index in [-0.39, 0.29) is 17.7 Å². The van der Waals surface area contributed by atoms with E-state index in [9.17, 15) is 4.39 Å². The average Bonchev–Trinajstić information content (AvgIpc) is 2.78. The van der Waals surface area contributed by atoms with Crippen LogP contribution in [0.5, 0.6) is 0 Å². The number of hydrogen-bond donors (Lipinski definition) is 1. The molecule has 0 saturated carbocycles. The van der Waals surface area contributed by atoms with Gasteiger partial charge < -0.3 is 5.32 Å². The first-order valence-electron chi connectivity index (χ1n) is 5.94. The van der Waals surface area contributed by atoms with Gasteiger partial charge in [-0.1, -0.05) is 6.92 Å². The molecule has 3 nitrogen and oxygen atoms in total. The molecule has 0 bridgehead atoms. The Morgan fingerprint density at radius 2 is 2.17 bits per heavy atom. The minimum atomic E-state index is -0.347. The summed E-state index contributed by atoms with van der Waals surface area (Å²) in [6.07, 6.45) is 1.96. The molecule has 0 aliphatic carbocycles. The lowest BCUT2D eigenvalue weighted by Crippen LogP contribution is -2.10. The zero-order valence-electron chi connectivity index (χ0n) is 10.7. The lowest BCUT2D eigenvalue weighted by Gasteiger charge is -2.14. The van der Waals surface area contributed by atoms with E-state index in [1.165, 1.54) is 16.1 Å². The molecule has 0 aliphatic rings. The first-order chi connectivity index (χ1) is 8.61.